The maximum atomic E-state index is 11.3. The average Bonchev–Trinajstić information content (AvgIpc) is 2.63. The maximum Gasteiger partial charge on any atom is 0.374 e. The average molecular weight is 355 g/mol. The lowest BCUT2D eigenvalue weighted by molar-refractivity contribution is -0.151. The first-order chi connectivity index (χ1) is 12.2. The van der Waals surface area contributed by atoms with Crippen LogP contribution in [0.1, 0.15) is 122 Å². The molecule has 0 saturated heterocycles. The van der Waals surface area contributed by atoms with E-state index in [9.17, 15) is 9.59 Å². The van der Waals surface area contributed by atoms with Gasteiger partial charge in [-0.3, -0.25) is 4.79 Å². The molecule has 0 N–H and O–H groups in total. The van der Waals surface area contributed by atoms with Crippen LogP contribution < -0.4 is 0 Å². The van der Waals surface area contributed by atoms with Crippen molar-refractivity contribution >= 4 is 11.8 Å². The first-order valence-electron chi connectivity index (χ1n) is 10.8. The number of hydrogen-bond acceptors (Lipinski definition) is 3. The summed E-state index contributed by atoms with van der Waals surface area (Å²) in [6.45, 7) is 2.27. The fourth-order valence-electron chi connectivity index (χ4n) is 3.23. The number of unbranched alkanes of at least 4 members (excludes halogenated alkanes) is 16. The van der Waals surface area contributed by atoms with E-state index in [4.69, 9.17) is 0 Å². The van der Waals surface area contributed by atoms with Gasteiger partial charge in [0.1, 0.15) is 0 Å². The van der Waals surface area contributed by atoms with Gasteiger partial charge in [0.05, 0.1) is 7.11 Å². The van der Waals surface area contributed by atoms with E-state index in [1.54, 1.807) is 0 Å². The first-order valence-corrected chi connectivity index (χ1v) is 10.8. The molecule has 0 radical (unpaired) electrons. The molecule has 0 aromatic rings. The normalized spacial score (nSPS) is 10.8. The number of rotatable bonds is 19. The molecule has 0 atom stereocenters. The van der Waals surface area contributed by atoms with Crippen molar-refractivity contribution in [1.82, 2.24) is 0 Å². The zero-order valence-corrected chi connectivity index (χ0v) is 17.0. The van der Waals surface area contributed by atoms with Crippen molar-refractivity contribution in [2.24, 2.45) is 0 Å². The Bertz CT molecular complexity index is 312. The van der Waals surface area contributed by atoms with E-state index < -0.39 is 5.97 Å². The zero-order valence-electron chi connectivity index (χ0n) is 17.0. The predicted octanol–water partition coefficient (Wildman–Crippen LogP) is 6.77. The molecular weight excluding hydrogens is 312 g/mol. The Morgan fingerprint density at radius 1 is 0.560 bits per heavy atom. The highest BCUT2D eigenvalue weighted by Crippen LogP contribution is 2.14. The van der Waals surface area contributed by atoms with Crippen LogP contribution in [0, 0.1) is 0 Å². The molecule has 0 aliphatic rings. The lowest BCUT2D eigenvalue weighted by atomic mass is 10.0. The molecule has 0 aromatic heterocycles. The Labute approximate surface area is 156 Å². The topological polar surface area (TPSA) is 43.4 Å². The van der Waals surface area contributed by atoms with E-state index in [-0.39, 0.29) is 5.78 Å². The van der Waals surface area contributed by atoms with Crippen LogP contribution in [0.15, 0.2) is 0 Å². The lowest BCUT2D eigenvalue weighted by Crippen LogP contribution is -2.14. The van der Waals surface area contributed by atoms with Gasteiger partial charge in [0, 0.05) is 6.42 Å². The molecule has 0 saturated carbocycles. The summed E-state index contributed by atoms with van der Waals surface area (Å²) in [5, 5.41) is 0. The Morgan fingerprint density at radius 2 is 0.880 bits per heavy atom. The number of esters is 1. The molecule has 0 heterocycles. The molecular formula is C22H42O3. The predicted molar refractivity (Wildman–Crippen MR) is 106 cm³/mol. The van der Waals surface area contributed by atoms with Crippen LogP contribution in [0.5, 0.6) is 0 Å². The third kappa shape index (κ3) is 17.7. The molecule has 25 heavy (non-hydrogen) atoms. The summed E-state index contributed by atoms with van der Waals surface area (Å²) in [7, 11) is 1.26. The fraction of sp³-hybridized carbons (Fsp3) is 0.909. The summed E-state index contributed by atoms with van der Waals surface area (Å²) in [4.78, 5) is 22.2. The van der Waals surface area contributed by atoms with Crippen molar-refractivity contribution in [3.8, 4) is 0 Å². The van der Waals surface area contributed by atoms with Gasteiger partial charge in [-0.05, 0) is 6.42 Å². The van der Waals surface area contributed by atoms with Crippen LogP contribution in [-0.2, 0) is 14.3 Å². The zero-order chi connectivity index (χ0) is 18.6. The highest BCUT2D eigenvalue weighted by molar-refractivity contribution is 6.33. The molecule has 0 spiro atoms. The van der Waals surface area contributed by atoms with Crippen molar-refractivity contribution in [1.29, 1.82) is 0 Å². The minimum Gasteiger partial charge on any atom is -0.463 e. The number of ketones is 1. The summed E-state index contributed by atoms with van der Waals surface area (Å²) >= 11 is 0. The summed E-state index contributed by atoms with van der Waals surface area (Å²) in [5.74, 6) is -1.08. The molecule has 148 valence electrons. The van der Waals surface area contributed by atoms with E-state index in [2.05, 4.69) is 11.7 Å². The number of carbonyl (C=O) groups excluding carboxylic acids is 2. The molecule has 3 nitrogen and oxygen atoms in total. The molecule has 0 amide bonds. The Morgan fingerprint density at radius 3 is 1.20 bits per heavy atom. The Hall–Kier alpha value is -0.860. The van der Waals surface area contributed by atoms with Crippen molar-refractivity contribution in [2.45, 2.75) is 122 Å². The summed E-state index contributed by atoms with van der Waals surface area (Å²) in [6.07, 6.45) is 22.8. The fourth-order valence-corrected chi connectivity index (χ4v) is 3.23. The van der Waals surface area contributed by atoms with E-state index in [0.717, 1.165) is 12.8 Å². The number of hydrogen-bond donors (Lipinski definition) is 0. The molecule has 0 unspecified atom stereocenters. The van der Waals surface area contributed by atoms with E-state index in [1.165, 1.54) is 103 Å². The number of methoxy groups -OCH3 is 1. The number of carbonyl (C=O) groups is 2. The van der Waals surface area contributed by atoms with Gasteiger partial charge in [-0.25, -0.2) is 4.79 Å². The third-order valence-electron chi connectivity index (χ3n) is 4.92. The van der Waals surface area contributed by atoms with Gasteiger partial charge in [0.2, 0.25) is 5.78 Å². The standard InChI is InChI=1S/C22H42O3/c1-3-4-5-6-7-8-9-10-11-12-13-14-15-16-17-18-19-20-21(23)22(24)25-2/h3-20H2,1-2H3. The van der Waals surface area contributed by atoms with Gasteiger partial charge in [0.25, 0.3) is 0 Å². The second-order valence-electron chi connectivity index (χ2n) is 7.32. The van der Waals surface area contributed by atoms with Gasteiger partial charge in [-0.1, -0.05) is 110 Å². The van der Waals surface area contributed by atoms with Crippen molar-refractivity contribution in [3.63, 3.8) is 0 Å². The monoisotopic (exact) mass is 354 g/mol. The summed E-state index contributed by atoms with van der Waals surface area (Å²) in [6, 6.07) is 0. The summed E-state index contributed by atoms with van der Waals surface area (Å²) in [5.41, 5.74) is 0. The number of Topliss-reactive ketones (excluding diaryl/α,β-unsaturated/α-hetero) is 1. The van der Waals surface area contributed by atoms with E-state index >= 15 is 0 Å². The minimum atomic E-state index is -0.698. The van der Waals surface area contributed by atoms with Crippen LogP contribution >= 0.6 is 0 Å². The Kier molecular flexibility index (Phi) is 18.8. The van der Waals surface area contributed by atoms with Gasteiger partial charge in [-0.2, -0.15) is 0 Å². The second kappa shape index (κ2) is 19.5. The van der Waals surface area contributed by atoms with Crippen LogP contribution in [0.25, 0.3) is 0 Å². The largest absolute Gasteiger partial charge is 0.463 e. The molecule has 0 bridgehead atoms. The lowest BCUT2D eigenvalue weighted by Gasteiger charge is -2.03. The van der Waals surface area contributed by atoms with Crippen LogP contribution in [0.3, 0.4) is 0 Å². The third-order valence-corrected chi connectivity index (χ3v) is 4.92. The minimum absolute atomic E-state index is 0.339. The van der Waals surface area contributed by atoms with Crippen LogP contribution in [-0.4, -0.2) is 18.9 Å². The van der Waals surface area contributed by atoms with E-state index in [1.807, 2.05) is 0 Å². The Balaban J connectivity index is 3.10. The highest BCUT2D eigenvalue weighted by Gasteiger charge is 2.12. The molecule has 0 aliphatic carbocycles. The van der Waals surface area contributed by atoms with Gasteiger partial charge >= 0.3 is 5.97 Å². The van der Waals surface area contributed by atoms with Crippen molar-refractivity contribution < 1.29 is 14.3 Å². The highest BCUT2D eigenvalue weighted by atomic mass is 16.5. The maximum absolute atomic E-state index is 11.3. The molecule has 0 rings (SSSR count). The summed E-state index contributed by atoms with van der Waals surface area (Å²) < 4.78 is 4.41. The smallest absolute Gasteiger partial charge is 0.374 e. The number of ether oxygens (including phenoxy) is 1. The molecule has 0 aliphatic heterocycles. The van der Waals surface area contributed by atoms with Gasteiger partial charge in [-0.15, -0.1) is 0 Å². The van der Waals surface area contributed by atoms with E-state index in [0.29, 0.717) is 6.42 Å². The van der Waals surface area contributed by atoms with Gasteiger partial charge < -0.3 is 4.74 Å². The van der Waals surface area contributed by atoms with Crippen molar-refractivity contribution in [3.05, 3.63) is 0 Å². The molecule has 0 aromatic carbocycles. The molecule has 0 fully saturated rings. The quantitative estimate of drug-likeness (QED) is 0.146. The van der Waals surface area contributed by atoms with Gasteiger partial charge in [0.15, 0.2) is 0 Å². The SMILES string of the molecule is CCCCCCCCCCCCCCCCCCCC(=O)C(=O)OC. The molecule has 3 heteroatoms. The van der Waals surface area contributed by atoms with Crippen LogP contribution in [0.4, 0.5) is 0 Å². The van der Waals surface area contributed by atoms with Crippen molar-refractivity contribution in [2.75, 3.05) is 7.11 Å². The van der Waals surface area contributed by atoms with Crippen LogP contribution in [0.2, 0.25) is 0 Å². The second-order valence-corrected chi connectivity index (χ2v) is 7.32. The first kappa shape index (κ1) is 24.1.